The molecule has 2 atom stereocenters. The van der Waals surface area contributed by atoms with Crippen molar-refractivity contribution in [2.75, 3.05) is 26.4 Å². The number of rotatable bonds is 10. The van der Waals surface area contributed by atoms with Crippen molar-refractivity contribution < 1.29 is 9.47 Å². The van der Waals surface area contributed by atoms with Gasteiger partial charge in [-0.3, -0.25) is 0 Å². The first-order chi connectivity index (χ1) is 8.86. The summed E-state index contributed by atoms with van der Waals surface area (Å²) < 4.78 is 11.3. The second kappa shape index (κ2) is 10.8. The highest BCUT2D eigenvalue weighted by atomic mass is 16.5. The lowest BCUT2D eigenvalue weighted by atomic mass is 10.00. The van der Waals surface area contributed by atoms with Crippen LogP contribution in [0.3, 0.4) is 0 Å². The topological polar surface area (TPSA) is 30.5 Å². The molecule has 0 bridgehead atoms. The van der Waals surface area contributed by atoms with Gasteiger partial charge >= 0.3 is 0 Å². The van der Waals surface area contributed by atoms with Crippen molar-refractivity contribution in [3.8, 4) is 0 Å². The van der Waals surface area contributed by atoms with E-state index in [-0.39, 0.29) is 0 Å². The molecule has 0 spiro atoms. The normalized spacial score (nSPS) is 24.3. The lowest BCUT2D eigenvalue weighted by molar-refractivity contribution is -0.00342. The Hall–Kier alpha value is -0.120. The highest BCUT2D eigenvalue weighted by molar-refractivity contribution is 4.76. The van der Waals surface area contributed by atoms with E-state index in [4.69, 9.17) is 9.47 Å². The first-order valence-electron chi connectivity index (χ1n) is 7.79. The van der Waals surface area contributed by atoms with E-state index in [2.05, 4.69) is 19.2 Å². The molecule has 3 heteroatoms. The second-order valence-corrected chi connectivity index (χ2v) is 5.28. The van der Waals surface area contributed by atoms with Gasteiger partial charge in [0, 0.05) is 25.9 Å². The predicted octanol–water partition coefficient (Wildman–Crippen LogP) is 3.13. The zero-order valence-electron chi connectivity index (χ0n) is 12.2. The summed E-state index contributed by atoms with van der Waals surface area (Å²) in [5, 5.41) is 3.64. The Labute approximate surface area is 113 Å². The van der Waals surface area contributed by atoms with E-state index in [0.29, 0.717) is 12.1 Å². The molecule has 18 heavy (non-hydrogen) atoms. The third-order valence-electron chi connectivity index (χ3n) is 3.52. The Kier molecular flexibility index (Phi) is 9.54. The Bertz CT molecular complexity index is 185. The van der Waals surface area contributed by atoms with Gasteiger partial charge in [0.25, 0.3) is 0 Å². The summed E-state index contributed by atoms with van der Waals surface area (Å²) in [5.74, 6) is 0. The quantitative estimate of drug-likeness (QED) is 0.610. The minimum atomic E-state index is 0.488. The van der Waals surface area contributed by atoms with Gasteiger partial charge in [-0.1, -0.05) is 26.7 Å². The minimum absolute atomic E-state index is 0.488. The Morgan fingerprint density at radius 3 is 2.78 bits per heavy atom. The fraction of sp³-hybridized carbons (Fsp3) is 1.00. The van der Waals surface area contributed by atoms with Gasteiger partial charge in [0.05, 0.1) is 6.10 Å². The highest BCUT2D eigenvalue weighted by Crippen LogP contribution is 2.17. The maximum Gasteiger partial charge on any atom is 0.0589 e. The summed E-state index contributed by atoms with van der Waals surface area (Å²) in [5.41, 5.74) is 0. The van der Waals surface area contributed by atoms with Crippen LogP contribution in [-0.2, 0) is 9.47 Å². The van der Waals surface area contributed by atoms with Gasteiger partial charge in [0.1, 0.15) is 0 Å². The summed E-state index contributed by atoms with van der Waals surface area (Å²) in [4.78, 5) is 0. The first kappa shape index (κ1) is 15.9. The van der Waals surface area contributed by atoms with E-state index in [1.165, 1.54) is 32.1 Å². The molecule has 1 heterocycles. The second-order valence-electron chi connectivity index (χ2n) is 5.28. The van der Waals surface area contributed by atoms with Gasteiger partial charge in [0.2, 0.25) is 0 Å². The molecule has 2 unspecified atom stereocenters. The molecule has 0 aromatic heterocycles. The van der Waals surface area contributed by atoms with E-state index >= 15 is 0 Å². The third kappa shape index (κ3) is 7.34. The molecule has 3 nitrogen and oxygen atoms in total. The maximum absolute atomic E-state index is 5.76. The average Bonchev–Trinajstić information content (AvgIpc) is 2.39. The fourth-order valence-corrected chi connectivity index (χ4v) is 2.42. The summed E-state index contributed by atoms with van der Waals surface area (Å²) in [6.07, 6.45) is 8.80. The Balaban J connectivity index is 1.94. The molecule has 0 aromatic carbocycles. The smallest absolute Gasteiger partial charge is 0.0589 e. The molecule has 0 aliphatic carbocycles. The van der Waals surface area contributed by atoms with Gasteiger partial charge in [-0.05, 0) is 38.6 Å². The van der Waals surface area contributed by atoms with Gasteiger partial charge in [-0.15, -0.1) is 0 Å². The number of hydrogen-bond donors (Lipinski definition) is 1. The van der Waals surface area contributed by atoms with Crippen molar-refractivity contribution in [2.24, 2.45) is 0 Å². The number of ether oxygens (including phenoxy) is 2. The Morgan fingerprint density at radius 1 is 1.17 bits per heavy atom. The largest absolute Gasteiger partial charge is 0.381 e. The molecule has 0 radical (unpaired) electrons. The third-order valence-corrected chi connectivity index (χ3v) is 3.52. The van der Waals surface area contributed by atoms with Crippen LogP contribution in [0.1, 0.15) is 58.8 Å². The van der Waals surface area contributed by atoms with Crippen LogP contribution in [0.4, 0.5) is 0 Å². The zero-order chi connectivity index (χ0) is 13.1. The van der Waals surface area contributed by atoms with E-state index in [0.717, 1.165) is 39.2 Å². The Morgan fingerprint density at radius 2 is 2.00 bits per heavy atom. The van der Waals surface area contributed by atoms with Crippen LogP contribution < -0.4 is 5.32 Å². The molecular weight excluding hydrogens is 226 g/mol. The van der Waals surface area contributed by atoms with E-state index < -0.39 is 0 Å². The summed E-state index contributed by atoms with van der Waals surface area (Å²) in [7, 11) is 0. The van der Waals surface area contributed by atoms with E-state index in [9.17, 15) is 0 Å². The number of hydrogen-bond acceptors (Lipinski definition) is 3. The predicted molar refractivity (Wildman–Crippen MR) is 76.0 cm³/mol. The van der Waals surface area contributed by atoms with Gasteiger partial charge < -0.3 is 14.8 Å². The fourth-order valence-electron chi connectivity index (χ4n) is 2.42. The standard InChI is InChI=1S/C15H31NO2/c1-3-5-10-17-11-6-9-16-14-8-12-18-15(13-14)7-4-2/h14-16H,3-13H2,1-2H3. The van der Waals surface area contributed by atoms with Crippen LogP contribution in [0.2, 0.25) is 0 Å². The lowest BCUT2D eigenvalue weighted by Crippen LogP contribution is -2.39. The van der Waals surface area contributed by atoms with Crippen LogP contribution in [0.25, 0.3) is 0 Å². The summed E-state index contributed by atoms with van der Waals surface area (Å²) >= 11 is 0. The van der Waals surface area contributed by atoms with Gasteiger partial charge in [0.15, 0.2) is 0 Å². The van der Waals surface area contributed by atoms with Crippen molar-refractivity contribution in [3.63, 3.8) is 0 Å². The molecule has 0 amide bonds. The lowest BCUT2D eigenvalue weighted by Gasteiger charge is -2.30. The van der Waals surface area contributed by atoms with Crippen molar-refractivity contribution in [3.05, 3.63) is 0 Å². The number of unbranched alkanes of at least 4 members (excludes halogenated alkanes) is 1. The van der Waals surface area contributed by atoms with Gasteiger partial charge in [-0.25, -0.2) is 0 Å². The first-order valence-corrected chi connectivity index (χ1v) is 7.79. The van der Waals surface area contributed by atoms with Crippen LogP contribution in [-0.4, -0.2) is 38.5 Å². The van der Waals surface area contributed by atoms with Crippen molar-refractivity contribution >= 4 is 0 Å². The summed E-state index contributed by atoms with van der Waals surface area (Å²) in [6, 6.07) is 0.658. The minimum Gasteiger partial charge on any atom is -0.381 e. The molecule has 1 aliphatic heterocycles. The van der Waals surface area contributed by atoms with Crippen LogP contribution >= 0.6 is 0 Å². The molecule has 1 fully saturated rings. The molecule has 1 saturated heterocycles. The van der Waals surface area contributed by atoms with E-state index in [1.807, 2.05) is 0 Å². The summed E-state index contributed by atoms with van der Waals surface area (Å²) in [6.45, 7) is 8.25. The highest BCUT2D eigenvalue weighted by Gasteiger charge is 2.20. The van der Waals surface area contributed by atoms with Crippen LogP contribution in [0.15, 0.2) is 0 Å². The van der Waals surface area contributed by atoms with Gasteiger partial charge in [-0.2, -0.15) is 0 Å². The molecule has 1 rings (SSSR count). The molecule has 1 aliphatic rings. The average molecular weight is 257 g/mol. The monoisotopic (exact) mass is 257 g/mol. The van der Waals surface area contributed by atoms with Crippen LogP contribution in [0, 0.1) is 0 Å². The molecule has 0 saturated carbocycles. The maximum atomic E-state index is 5.76. The zero-order valence-corrected chi connectivity index (χ0v) is 12.2. The molecular formula is C15H31NO2. The SMILES string of the molecule is CCCCOCCCNC1CCOC(CCC)C1. The molecule has 108 valence electrons. The van der Waals surface area contributed by atoms with Crippen LogP contribution in [0.5, 0.6) is 0 Å². The van der Waals surface area contributed by atoms with Crippen molar-refractivity contribution in [2.45, 2.75) is 70.9 Å². The van der Waals surface area contributed by atoms with E-state index in [1.54, 1.807) is 0 Å². The number of nitrogens with one attached hydrogen (secondary N) is 1. The molecule has 0 aromatic rings. The van der Waals surface area contributed by atoms with Crippen molar-refractivity contribution in [1.29, 1.82) is 0 Å². The molecule has 1 N–H and O–H groups in total. The van der Waals surface area contributed by atoms with Crippen molar-refractivity contribution in [1.82, 2.24) is 5.32 Å².